The molecule has 0 atom stereocenters. The predicted octanol–water partition coefficient (Wildman–Crippen LogP) is 0.814. The first-order valence-corrected chi connectivity index (χ1v) is 6.32. The fourth-order valence-corrected chi connectivity index (χ4v) is 1.85. The molecule has 0 fully saturated rings. The van der Waals surface area contributed by atoms with E-state index in [4.69, 9.17) is 5.73 Å². The van der Waals surface area contributed by atoms with Crippen LogP contribution in [0.3, 0.4) is 0 Å². The summed E-state index contributed by atoms with van der Waals surface area (Å²) in [7, 11) is 0. The Bertz CT molecular complexity index is 522. The molecule has 0 saturated heterocycles. The van der Waals surface area contributed by atoms with Crippen LogP contribution in [0.25, 0.3) is 0 Å². The summed E-state index contributed by atoms with van der Waals surface area (Å²) in [6.07, 6.45) is 6.11. The molecule has 0 bridgehead atoms. The van der Waals surface area contributed by atoms with E-state index in [9.17, 15) is 4.79 Å². The van der Waals surface area contributed by atoms with Crippen LogP contribution < -0.4 is 11.1 Å². The molecule has 3 N–H and O–H groups in total. The molecule has 0 saturated carbocycles. The maximum absolute atomic E-state index is 12.0. The van der Waals surface area contributed by atoms with E-state index in [1.807, 2.05) is 35.0 Å². The minimum absolute atomic E-state index is 0.0565. The maximum Gasteiger partial charge on any atom is 0.251 e. The summed E-state index contributed by atoms with van der Waals surface area (Å²) in [6.45, 7) is 1.89. The van der Waals surface area contributed by atoms with E-state index >= 15 is 0 Å². The number of carbonyl (C=O) groups is 1. The second kappa shape index (κ2) is 6.70. The Morgan fingerprint density at radius 2 is 2.32 bits per heavy atom. The van der Waals surface area contributed by atoms with Gasteiger partial charge in [-0.3, -0.25) is 4.79 Å². The molecule has 2 aromatic rings. The van der Waals surface area contributed by atoms with Gasteiger partial charge in [-0.1, -0.05) is 12.1 Å². The van der Waals surface area contributed by atoms with Crippen molar-refractivity contribution in [3.8, 4) is 0 Å². The average Bonchev–Trinajstić information content (AvgIpc) is 2.92. The predicted molar refractivity (Wildman–Crippen MR) is 73.8 cm³/mol. The summed E-state index contributed by atoms with van der Waals surface area (Å²) < 4.78 is 1.92. The normalized spacial score (nSPS) is 10.4. The summed E-state index contributed by atoms with van der Waals surface area (Å²) >= 11 is 0. The first kappa shape index (κ1) is 13.3. The van der Waals surface area contributed by atoms with Crippen LogP contribution >= 0.6 is 0 Å². The third-order valence-corrected chi connectivity index (χ3v) is 2.84. The van der Waals surface area contributed by atoms with Gasteiger partial charge in [0.05, 0.1) is 6.33 Å². The molecule has 5 nitrogen and oxygen atoms in total. The van der Waals surface area contributed by atoms with Crippen molar-refractivity contribution in [1.29, 1.82) is 0 Å². The van der Waals surface area contributed by atoms with Crippen LogP contribution in [0.15, 0.2) is 43.0 Å². The molecule has 100 valence electrons. The molecule has 1 aromatic carbocycles. The topological polar surface area (TPSA) is 72.9 Å². The van der Waals surface area contributed by atoms with Gasteiger partial charge in [-0.25, -0.2) is 4.98 Å². The van der Waals surface area contributed by atoms with Crippen molar-refractivity contribution in [3.05, 3.63) is 54.1 Å². The molecule has 0 spiro atoms. The van der Waals surface area contributed by atoms with E-state index in [1.54, 1.807) is 12.5 Å². The highest BCUT2D eigenvalue weighted by Crippen LogP contribution is 2.05. The second-order valence-electron chi connectivity index (χ2n) is 4.30. The Morgan fingerprint density at radius 3 is 3.05 bits per heavy atom. The Kier molecular flexibility index (Phi) is 4.69. The summed E-state index contributed by atoms with van der Waals surface area (Å²) in [6, 6.07) is 7.57. The number of amides is 1. The first-order valence-electron chi connectivity index (χ1n) is 6.32. The number of nitrogens with zero attached hydrogens (tertiary/aromatic N) is 2. The van der Waals surface area contributed by atoms with Gasteiger partial charge in [0.15, 0.2) is 0 Å². The number of nitrogens with two attached hydrogens (primary N) is 1. The van der Waals surface area contributed by atoms with E-state index in [0.29, 0.717) is 25.2 Å². The highest BCUT2D eigenvalue weighted by Gasteiger charge is 2.05. The number of rotatable bonds is 6. The Hall–Kier alpha value is -2.14. The van der Waals surface area contributed by atoms with Crippen LogP contribution in [0.1, 0.15) is 15.9 Å². The van der Waals surface area contributed by atoms with E-state index in [1.165, 1.54) is 0 Å². The van der Waals surface area contributed by atoms with E-state index in [-0.39, 0.29) is 5.91 Å². The molecule has 5 heteroatoms. The van der Waals surface area contributed by atoms with Crippen molar-refractivity contribution in [1.82, 2.24) is 14.9 Å². The lowest BCUT2D eigenvalue weighted by Crippen LogP contribution is -2.27. The van der Waals surface area contributed by atoms with Crippen LogP contribution in [0.5, 0.6) is 0 Å². The van der Waals surface area contributed by atoms with Crippen LogP contribution in [0.4, 0.5) is 0 Å². The summed E-state index contributed by atoms with van der Waals surface area (Å²) in [5.74, 6) is -0.0565. The molecular weight excluding hydrogens is 240 g/mol. The van der Waals surface area contributed by atoms with E-state index < -0.39 is 0 Å². The van der Waals surface area contributed by atoms with Gasteiger partial charge in [0, 0.05) is 31.0 Å². The summed E-state index contributed by atoms with van der Waals surface area (Å²) in [5.41, 5.74) is 7.28. The van der Waals surface area contributed by atoms with E-state index in [2.05, 4.69) is 10.3 Å². The lowest BCUT2D eigenvalue weighted by molar-refractivity contribution is 0.0952. The van der Waals surface area contributed by atoms with Crippen molar-refractivity contribution in [2.75, 3.05) is 13.1 Å². The SMILES string of the molecule is NCCc1cccc(C(=O)NCCn2ccnc2)c1. The number of hydrogen-bond donors (Lipinski definition) is 2. The zero-order valence-corrected chi connectivity index (χ0v) is 10.7. The minimum Gasteiger partial charge on any atom is -0.350 e. The van der Waals surface area contributed by atoms with Gasteiger partial charge in [-0.2, -0.15) is 0 Å². The highest BCUT2D eigenvalue weighted by atomic mass is 16.1. The highest BCUT2D eigenvalue weighted by molar-refractivity contribution is 5.94. The van der Waals surface area contributed by atoms with Crippen molar-refractivity contribution >= 4 is 5.91 Å². The number of benzene rings is 1. The molecular formula is C14H18N4O. The van der Waals surface area contributed by atoms with Crippen molar-refractivity contribution in [3.63, 3.8) is 0 Å². The molecule has 0 unspecified atom stereocenters. The molecule has 19 heavy (non-hydrogen) atoms. The third-order valence-electron chi connectivity index (χ3n) is 2.84. The quantitative estimate of drug-likeness (QED) is 0.805. The molecule has 2 rings (SSSR count). The molecule has 0 aliphatic rings. The van der Waals surface area contributed by atoms with Crippen molar-refractivity contribution in [2.45, 2.75) is 13.0 Å². The van der Waals surface area contributed by atoms with Gasteiger partial charge < -0.3 is 15.6 Å². The minimum atomic E-state index is -0.0565. The van der Waals surface area contributed by atoms with Gasteiger partial charge >= 0.3 is 0 Å². The van der Waals surface area contributed by atoms with Crippen LogP contribution in [-0.2, 0) is 13.0 Å². The van der Waals surface area contributed by atoms with Crippen LogP contribution in [0, 0.1) is 0 Å². The summed E-state index contributed by atoms with van der Waals surface area (Å²) in [4.78, 5) is 15.9. The zero-order valence-electron chi connectivity index (χ0n) is 10.7. The average molecular weight is 258 g/mol. The summed E-state index contributed by atoms with van der Waals surface area (Å²) in [5, 5.41) is 2.89. The van der Waals surface area contributed by atoms with Gasteiger partial charge in [0.2, 0.25) is 0 Å². The molecule has 0 radical (unpaired) electrons. The number of carbonyl (C=O) groups excluding carboxylic acids is 1. The van der Waals surface area contributed by atoms with Gasteiger partial charge in [-0.15, -0.1) is 0 Å². The largest absolute Gasteiger partial charge is 0.350 e. The molecule has 1 amide bonds. The fraction of sp³-hybridized carbons (Fsp3) is 0.286. The maximum atomic E-state index is 12.0. The smallest absolute Gasteiger partial charge is 0.251 e. The van der Waals surface area contributed by atoms with E-state index in [0.717, 1.165) is 12.0 Å². The number of hydrogen-bond acceptors (Lipinski definition) is 3. The van der Waals surface area contributed by atoms with Crippen LogP contribution in [0.2, 0.25) is 0 Å². The molecule has 1 aromatic heterocycles. The monoisotopic (exact) mass is 258 g/mol. The van der Waals surface area contributed by atoms with Crippen LogP contribution in [-0.4, -0.2) is 28.5 Å². The second-order valence-corrected chi connectivity index (χ2v) is 4.30. The van der Waals surface area contributed by atoms with Crippen molar-refractivity contribution in [2.24, 2.45) is 5.73 Å². The Labute approximate surface area is 112 Å². The van der Waals surface area contributed by atoms with Crippen molar-refractivity contribution < 1.29 is 4.79 Å². The first-order chi connectivity index (χ1) is 9.29. The number of imidazole rings is 1. The lowest BCUT2D eigenvalue weighted by Gasteiger charge is -2.07. The molecule has 1 heterocycles. The van der Waals surface area contributed by atoms with Gasteiger partial charge in [0.25, 0.3) is 5.91 Å². The number of nitrogens with one attached hydrogen (secondary N) is 1. The Balaban J connectivity index is 1.87. The lowest BCUT2D eigenvalue weighted by atomic mass is 10.1. The zero-order chi connectivity index (χ0) is 13.5. The Morgan fingerprint density at radius 1 is 1.42 bits per heavy atom. The van der Waals surface area contributed by atoms with Gasteiger partial charge in [0.1, 0.15) is 0 Å². The third kappa shape index (κ3) is 3.93. The molecule has 0 aliphatic carbocycles. The molecule has 0 aliphatic heterocycles. The number of aromatic nitrogens is 2. The fourth-order valence-electron chi connectivity index (χ4n) is 1.85. The van der Waals surface area contributed by atoms with Gasteiger partial charge in [-0.05, 0) is 30.7 Å². The standard InChI is InChI=1S/C14H18N4O/c15-5-4-12-2-1-3-13(10-12)14(19)17-7-9-18-8-6-16-11-18/h1-3,6,8,10-11H,4-5,7,9,15H2,(H,17,19).